The molecule has 0 heterocycles. The molecule has 2 rings (SSSR count). The van der Waals surface area contributed by atoms with Crippen LogP contribution in [0.1, 0.15) is 25.0 Å². The van der Waals surface area contributed by atoms with Crippen LogP contribution in [0.25, 0.3) is 0 Å². The number of aryl methyl sites for hydroxylation is 1. The normalized spacial score (nSPS) is 12.2. The molecule has 106 valence electrons. The van der Waals surface area contributed by atoms with Crippen LogP contribution in [0.15, 0.2) is 42.5 Å². The fourth-order valence-electron chi connectivity index (χ4n) is 2.11. The third kappa shape index (κ3) is 3.81. The Kier molecular flexibility index (Phi) is 4.74. The van der Waals surface area contributed by atoms with Crippen molar-refractivity contribution in [2.45, 2.75) is 32.7 Å². The van der Waals surface area contributed by atoms with Crippen molar-refractivity contribution in [3.63, 3.8) is 0 Å². The van der Waals surface area contributed by atoms with Gasteiger partial charge in [-0.3, -0.25) is 0 Å². The molecule has 2 aromatic rings. The fraction of sp³-hybridized carbons (Fsp3) is 0.294. The maximum Gasteiger partial charge on any atom is 0.130 e. The van der Waals surface area contributed by atoms with E-state index in [4.69, 9.17) is 10.5 Å². The highest BCUT2D eigenvalue weighted by Gasteiger charge is 2.09. The third-order valence-electron chi connectivity index (χ3n) is 3.10. The van der Waals surface area contributed by atoms with E-state index in [-0.39, 0.29) is 11.9 Å². The van der Waals surface area contributed by atoms with Gasteiger partial charge in [-0.25, -0.2) is 4.39 Å². The van der Waals surface area contributed by atoms with Crippen LogP contribution in [0.3, 0.4) is 0 Å². The Bertz CT molecular complexity index is 581. The molecule has 0 aliphatic carbocycles. The van der Waals surface area contributed by atoms with E-state index in [1.807, 2.05) is 25.1 Å². The Hall–Kier alpha value is -1.87. The van der Waals surface area contributed by atoms with Crippen molar-refractivity contribution in [3.05, 3.63) is 59.4 Å². The second kappa shape index (κ2) is 6.53. The van der Waals surface area contributed by atoms with Gasteiger partial charge in [0.1, 0.15) is 17.3 Å². The Morgan fingerprint density at radius 3 is 2.70 bits per heavy atom. The first-order valence-electron chi connectivity index (χ1n) is 6.89. The number of hydrogen-bond acceptors (Lipinski definition) is 2. The quantitative estimate of drug-likeness (QED) is 0.891. The Labute approximate surface area is 119 Å². The minimum absolute atomic E-state index is 0.0406. The monoisotopic (exact) mass is 273 g/mol. The summed E-state index contributed by atoms with van der Waals surface area (Å²) in [4.78, 5) is 0. The molecule has 0 fully saturated rings. The van der Waals surface area contributed by atoms with Gasteiger partial charge in [0.25, 0.3) is 0 Å². The lowest BCUT2D eigenvalue weighted by molar-refractivity contribution is 0.470. The second-order valence-corrected chi connectivity index (χ2v) is 5.04. The Balaban J connectivity index is 2.27. The van der Waals surface area contributed by atoms with E-state index in [2.05, 4.69) is 13.0 Å². The first-order valence-corrected chi connectivity index (χ1v) is 6.89. The molecule has 0 aliphatic rings. The Morgan fingerprint density at radius 1 is 1.20 bits per heavy atom. The predicted octanol–water partition coefficient (Wildman–Crippen LogP) is 4.07. The molecule has 2 N–H and O–H groups in total. The van der Waals surface area contributed by atoms with E-state index in [1.165, 1.54) is 17.7 Å². The van der Waals surface area contributed by atoms with Gasteiger partial charge >= 0.3 is 0 Å². The lowest BCUT2D eigenvalue weighted by Crippen LogP contribution is -2.18. The van der Waals surface area contributed by atoms with Crippen molar-refractivity contribution in [3.8, 4) is 11.5 Å². The number of benzene rings is 2. The number of hydrogen-bond donors (Lipinski definition) is 1. The fourth-order valence-corrected chi connectivity index (χ4v) is 2.11. The molecule has 0 bridgehead atoms. The molecule has 1 unspecified atom stereocenters. The SMILES string of the molecule is CCc1cccc(Oc2ccc(F)cc2CC(C)N)c1. The van der Waals surface area contributed by atoms with Crippen molar-refractivity contribution >= 4 is 0 Å². The molecule has 3 heteroatoms. The van der Waals surface area contributed by atoms with Gasteiger partial charge in [-0.05, 0) is 61.2 Å². The summed E-state index contributed by atoms with van der Waals surface area (Å²) in [5.74, 6) is 1.16. The highest BCUT2D eigenvalue weighted by atomic mass is 19.1. The number of halogens is 1. The minimum atomic E-state index is -0.268. The van der Waals surface area contributed by atoms with E-state index in [0.29, 0.717) is 12.2 Å². The average Bonchev–Trinajstić information content (AvgIpc) is 2.41. The summed E-state index contributed by atoms with van der Waals surface area (Å²) in [6.07, 6.45) is 1.54. The summed E-state index contributed by atoms with van der Waals surface area (Å²) in [6.45, 7) is 3.99. The van der Waals surface area contributed by atoms with Gasteiger partial charge in [-0.2, -0.15) is 0 Å². The molecule has 0 spiro atoms. The van der Waals surface area contributed by atoms with Crippen molar-refractivity contribution in [2.75, 3.05) is 0 Å². The molecule has 0 aromatic heterocycles. The molecular weight excluding hydrogens is 253 g/mol. The van der Waals surface area contributed by atoms with E-state index in [9.17, 15) is 4.39 Å². The van der Waals surface area contributed by atoms with Crippen molar-refractivity contribution in [1.82, 2.24) is 0 Å². The lowest BCUT2D eigenvalue weighted by Gasteiger charge is -2.13. The molecule has 1 atom stereocenters. The van der Waals surface area contributed by atoms with E-state index in [0.717, 1.165) is 17.7 Å². The van der Waals surface area contributed by atoms with Gasteiger partial charge in [-0.1, -0.05) is 19.1 Å². The molecule has 0 saturated carbocycles. The summed E-state index contributed by atoms with van der Waals surface area (Å²) < 4.78 is 19.2. The van der Waals surface area contributed by atoms with Crippen LogP contribution in [-0.4, -0.2) is 6.04 Å². The van der Waals surface area contributed by atoms with Crippen molar-refractivity contribution in [1.29, 1.82) is 0 Å². The molecule has 0 radical (unpaired) electrons. The third-order valence-corrected chi connectivity index (χ3v) is 3.10. The van der Waals surface area contributed by atoms with Gasteiger partial charge in [0.2, 0.25) is 0 Å². The van der Waals surface area contributed by atoms with E-state index in [1.54, 1.807) is 6.07 Å². The molecule has 0 amide bonds. The number of rotatable bonds is 5. The number of nitrogens with two attached hydrogens (primary N) is 1. The molecule has 0 saturated heterocycles. The maximum absolute atomic E-state index is 13.4. The highest BCUT2D eigenvalue weighted by Crippen LogP contribution is 2.27. The van der Waals surface area contributed by atoms with Gasteiger partial charge in [-0.15, -0.1) is 0 Å². The highest BCUT2D eigenvalue weighted by molar-refractivity contribution is 5.39. The smallest absolute Gasteiger partial charge is 0.130 e. The zero-order valence-electron chi connectivity index (χ0n) is 11.9. The van der Waals surface area contributed by atoms with Crippen LogP contribution in [0.4, 0.5) is 4.39 Å². The summed E-state index contributed by atoms with van der Waals surface area (Å²) in [6, 6.07) is 12.4. The standard InChI is InChI=1S/C17H20FNO/c1-3-13-5-4-6-16(10-13)20-17-8-7-15(18)11-14(17)9-12(2)19/h4-8,10-12H,3,9,19H2,1-2H3. The van der Waals surface area contributed by atoms with Crippen molar-refractivity contribution < 1.29 is 9.13 Å². The number of ether oxygens (including phenoxy) is 1. The van der Waals surface area contributed by atoms with Gasteiger partial charge < -0.3 is 10.5 Å². The molecule has 2 nitrogen and oxygen atoms in total. The first-order chi connectivity index (χ1) is 9.58. The van der Waals surface area contributed by atoms with Crippen LogP contribution in [0.2, 0.25) is 0 Å². The summed E-state index contributed by atoms with van der Waals surface area (Å²) in [7, 11) is 0. The topological polar surface area (TPSA) is 35.2 Å². The molecular formula is C17H20FNO. The van der Waals surface area contributed by atoms with E-state index >= 15 is 0 Å². The van der Waals surface area contributed by atoms with Crippen LogP contribution in [0, 0.1) is 5.82 Å². The van der Waals surface area contributed by atoms with Crippen LogP contribution >= 0.6 is 0 Å². The largest absolute Gasteiger partial charge is 0.457 e. The Morgan fingerprint density at radius 2 is 2.00 bits per heavy atom. The lowest BCUT2D eigenvalue weighted by atomic mass is 10.1. The average molecular weight is 273 g/mol. The maximum atomic E-state index is 13.4. The summed E-state index contributed by atoms with van der Waals surface area (Å²) in [5, 5.41) is 0. The second-order valence-electron chi connectivity index (χ2n) is 5.04. The zero-order valence-corrected chi connectivity index (χ0v) is 11.9. The molecule has 2 aromatic carbocycles. The summed E-state index contributed by atoms with van der Waals surface area (Å²) in [5.41, 5.74) is 7.80. The van der Waals surface area contributed by atoms with Crippen LogP contribution in [0.5, 0.6) is 11.5 Å². The predicted molar refractivity (Wildman–Crippen MR) is 79.6 cm³/mol. The van der Waals surface area contributed by atoms with Gasteiger partial charge in [0, 0.05) is 6.04 Å². The van der Waals surface area contributed by atoms with Gasteiger partial charge in [0.15, 0.2) is 0 Å². The van der Waals surface area contributed by atoms with E-state index < -0.39 is 0 Å². The molecule has 0 aliphatic heterocycles. The minimum Gasteiger partial charge on any atom is -0.457 e. The molecule has 20 heavy (non-hydrogen) atoms. The zero-order chi connectivity index (χ0) is 14.5. The summed E-state index contributed by atoms with van der Waals surface area (Å²) >= 11 is 0. The van der Waals surface area contributed by atoms with Gasteiger partial charge in [0.05, 0.1) is 0 Å². The first kappa shape index (κ1) is 14.5. The van der Waals surface area contributed by atoms with Crippen LogP contribution in [-0.2, 0) is 12.8 Å². The van der Waals surface area contributed by atoms with Crippen molar-refractivity contribution in [2.24, 2.45) is 5.73 Å². The van der Waals surface area contributed by atoms with Crippen LogP contribution < -0.4 is 10.5 Å².